The minimum atomic E-state index is -0.793. The van der Waals surface area contributed by atoms with E-state index in [1.807, 2.05) is 0 Å². The zero-order valence-electron chi connectivity index (χ0n) is 52.8. The van der Waals surface area contributed by atoms with E-state index in [2.05, 4.69) is 118 Å². The van der Waals surface area contributed by atoms with Gasteiger partial charge in [-0.1, -0.05) is 311 Å². The molecule has 0 saturated carbocycles. The standard InChI is InChI=1S/C74H128O6/c1-4-7-10-13-16-19-22-25-28-31-34-36-37-39-40-43-46-49-52-55-58-61-64-67-73(76)79-70-71(69-78-72(75)66-63-60-57-54-51-48-45-42-33-30-27-24-21-18-15-12-9-6-3)80-74(77)68-65-62-59-56-53-50-47-44-41-38-35-32-29-26-23-20-17-14-11-8-5-2/h7,10,16,19,21,24-25,28,30,33-34,36,39-40,46,49,71H,4-6,8-9,11-15,17-18,20,22-23,26-27,29,31-32,35,37-38,41-45,47-48,50-70H2,1-3H3/b10-7-,19-16-,24-21-,28-25-,33-30-,36-34-,40-39-,49-46-. The van der Waals surface area contributed by atoms with Gasteiger partial charge >= 0.3 is 17.9 Å². The fourth-order valence-electron chi connectivity index (χ4n) is 9.71. The molecule has 0 aliphatic carbocycles. The van der Waals surface area contributed by atoms with Crippen molar-refractivity contribution in [2.75, 3.05) is 13.2 Å². The van der Waals surface area contributed by atoms with Crippen LogP contribution in [-0.2, 0) is 28.6 Å². The molecule has 1 unspecified atom stereocenters. The van der Waals surface area contributed by atoms with Crippen LogP contribution >= 0.6 is 0 Å². The third kappa shape index (κ3) is 65.1. The fraction of sp³-hybridized carbons (Fsp3) is 0.743. The summed E-state index contributed by atoms with van der Waals surface area (Å²) in [5, 5.41) is 0. The first kappa shape index (κ1) is 76.3. The van der Waals surface area contributed by atoms with Gasteiger partial charge < -0.3 is 14.2 Å². The number of hydrogen-bond donors (Lipinski definition) is 0. The molecule has 0 saturated heterocycles. The van der Waals surface area contributed by atoms with Gasteiger partial charge in [-0.05, 0) is 103 Å². The molecule has 0 aromatic heterocycles. The molecular formula is C74H128O6. The third-order valence-corrected chi connectivity index (χ3v) is 14.8. The predicted molar refractivity (Wildman–Crippen MR) is 348 cm³/mol. The van der Waals surface area contributed by atoms with E-state index in [0.717, 1.165) is 122 Å². The lowest BCUT2D eigenvalue weighted by Gasteiger charge is -2.18. The Balaban J connectivity index is 4.42. The van der Waals surface area contributed by atoms with E-state index < -0.39 is 6.10 Å². The molecule has 0 amide bonds. The number of carbonyl (C=O) groups is 3. The van der Waals surface area contributed by atoms with Crippen LogP contribution in [-0.4, -0.2) is 37.2 Å². The first-order valence-corrected chi connectivity index (χ1v) is 34.2. The monoisotopic (exact) mass is 1110 g/mol. The van der Waals surface area contributed by atoms with Crippen molar-refractivity contribution in [3.63, 3.8) is 0 Å². The summed E-state index contributed by atoms with van der Waals surface area (Å²) in [6.45, 7) is 6.53. The van der Waals surface area contributed by atoms with Gasteiger partial charge in [0.15, 0.2) is 6.10 Å². The van der Waals surface area contributed by atoms with Crippen molar-refractivity contribution in [1.82, 2.24) is 0 Å². The molecule has 0 heterocycles. The maximum atomic E-state index is 13.0. The van der Waals surface area contributed by atoms with Crippen molar-refractivity contribution in [1.29, 1.82) is 0 Å². The molecule has 0 aromatic rings. The summed E-state index contributed by atoms with van der Waals surface area (Å²) < 4.78 is 17.0. The topological polar surface area (TPSA) is 78.9 Å². The van der Waals surface area contributed by atoms with E-state index in [-0.39, 0.29) is 31.1 Å². The third-order valence-electron chi connectivity index (χ3n) is 14.8. The van der Waals surface area contributed by atoms with Crippen molar-refractivity contribution in [3.8, 4) is 0 Å². The van der Waals surface area contributed by atoms with Crippen LogP contribution in [0.5, 0.6) is 0 Å². The molecule has 0 aliphatic heterocycles. The normalized spacial score (nSPS) is 12.7. The average molecular weight is 1110 g/mol. The van der Waals surface area contributed by atoms with Gasteiger partial charge in [0.25, 0.3) is 0 Å². The smallest absolute Gasteiger partial charge is 0.306 e. The second-order valence-corrected chi connectivity index (χ2v) is 22.7. The van der Waals surface area contributed by atoms with Crippen LogP contribution in [0, 0.1) is 0 Å². The van der Waals surface area contributed by atoms with E-state index in [0.29, 0.717) is 19.3 Å². The highest BCUT2D eigenvalue weighted by molar-refractivity contribution is 5.71. The maximum absolute atomic E-state index is 13.0. The molecule has 0 bridgehead atoms. The Morgan fingerprint density at radius 3 is 0.775 bits per heavy atom. The summed E-state index contributed by atoms with van der Waals surface area (Å²) in [4.78, 5) is 38.4. The lowest BCUT2D eigenvalue weighted by atomic mass is 10.0. The highest BCUT2D eigenvalue weighted by atomic mass is 16.6. The molecule has 0 radical (unpaired) electrons. The molecule has 460 valence electrons. The van der Waals surface area contributed by atoms with Crippen molar-refractivity contribution in [2.24, 2.45) is 0 Å². The summed E-state index contributed by atoms with van der Waals surface area (Å²) in [5.41, 5.74) is 0. The number of allylic oxidation sites excluding steroid dienone is 16. The molecule has 6 heteroatoms. The summed E-state index contributed by atoms with van der Waals surface area (Å²) >= 11 is 0. The van der Waals surface area contributed by atoms with Gasteiger partial charge in [0, 0.05) is 19.3 Å². The van der Waals surface area contributed by atoms with Crippen molar-refractivity contribution >= 4 is 17.9 Å². The summed E-state index contributed by atoms with van der Waals surface area (Å²) in [5.74, 6) is -0.904. The van der Waals surface area contributed by atoms with Gasteiger partial charge in [-0.2, -0.15) is 0 Å². The number of esters is 3. The highest BCUT2D eigenvalue weighted by Gasteiger charge is 2.19. The zero-order chi connectivity index (χ0) is 57.8. The van der Waals surface area contributed by atoms with Crippen LogP contribution in [0.1, 0.15) is 335 Å². The van der Waals surface area contributed by atoms with Gasteiger partial charge in [0.05, 0.1) is 0 Å². The van der Waals surface area contributed by atoms with Crippen molar-refractivity contribution in [2.45, 2.75) is 341 Å². The largest absolute Gasteiger partial charge is 0.462 e. The summed E-state index contributed by atoms with van der Waals surface area (Å²) in [7, 11) is 0. The van der Waals surface area contributed by atoms with Gasteiger partial charge in [-0.25, -0.2) is 0 Å². The Hall–Kier alpha value is -3.67. The second-order valence-electron chi connectivity index (χ2n) is 22.7. The minimum absolute atomic E-state index is 0.0878. The minimum Gasteiger partial charge on any atom is -0.462 e. The van der Waals surface area contributed by atoms with Crippen LogP contribution in [0.4, 0.5) is 0 Å². The Morgan fingerprint density at radius 1 is 0.263 bits per heavy atom. The van der Waals surface area contributed by atoms with E-state index in [9.17, 15) is 14.4 Å². The van der Waals surface area contributed by atoms with Gasteiger partial charge in [-0.15, -0.1) is 0 Å². The Labute approximate surface area is 496 Å². The molecule has 0 aliphatic rings. The van der Waals surface area contributed by atoms with E-state index >= 15 is 0 Å². The molecule has 80 heavy (non-hydrogen) atoms. The van der Waals surface area contributed by atoms with Crippen LogP contribution < -0.4 is 0 Å². The first-order chi connectivity index (χ1) is 39.5. The SMILES string of the molecule is CC/C=C\C/C=C\C/C=C\C/C=C\C/C=C\C/C=C\CCCCCCC(=O)OCC(COC(=O)CCCCCCCCC/C=C\C/C=C\CCCCCC)OC(=O)CCCCCCCCCCCCCCCCCCCCCCC. The van der Waals surface area contributed by atoms with E-state index in [1.54, 1.807) is 0 Å². The quantitative estimate of drug-likeness (QED) is 0.0261. The molecule has 0 rings (SSSR count). The first-order valence-electron chi connectivity index (χ1n) is 34.2. The number of carbonyl (C=O) groups excluding carboxylic acids is 3. The zero-order valence-corrected chi connectivity index (χ0v) is 52.8. The average Bonchev–Trinajstić information content (AvgIpc) is 3.46. The Kier molecular flexibility index (Phi) is 64.7. The second kappa shape index (κ2) is 67.8. The molecule has 1 atom stereocenters. The lowest BCUT2D eigenvalue weighted by Crippen LogP contribution is -2.30. The van der Waals surface area contributed by atoms with Crippen LogP contribution in [0.15, 0.2) is 97.2 Å². The number of unbranched alkanes of at least 4 members (excludes halogenated alkanes) is 35. The molecule has 0 fully saturated rings. The van der Waals surface area contributed by atoms with Crippen LogP contribution in [0.25, 0.3) is 0 Å². The Bertz CT molecular complexity index is 1560. The van der Waals surface area contributed by atoms with Gasteiger partial charge in [0.2, 0.25) is 0 Å². The Morgan fingerprint density at radius 2 is 0.487 bits per heavy atom. The van der Waals surface area contributed by atoms with Crippen molar-refractivity contribution in [3.05, 3.63) is 97.2 Å². The number of ether oxygens (including phenoxy) is 3. The summed E-state index contributed by atoms with van der Waals surface area (Å²) in [6, 6.07) is 0. The van der Waals surface area contributed by atoms with Crippen LogP contribution in [0.3, 0.4) is 0 Å². The summed E-state index contributed by atoms with van der Waals surface area (Å²) in [6.07, 6.45) is 91.3. The molecule has 0 N–H and O–H groups in total. The maximum Gasteiger partial charge on any atom is 0.306 e. The number of rotatable bonds is 62. The molecule has 0 aromatic carbocycles. The van der Waals surface area contributed by atoms with E-state index in [1.165, 1.54) is 173 Å². The molecular weight excluding hydrogens is 985 g/mol. The highest BCUT2D eigenvalue weighted by Crippen LogP contribution is 2.17. The van der Waals surface area contributed by atoms with Crippen molar-refractivity contribution < 1.29 is 28.6 Å². The lowest BCUT2D eigenvalue weighted by molar-refractivity contribution is -0.167. The fourth-order valence-corrected chi connectivity index (χ4v) is 9.71. The predicted octanol–water partition coefficient (Wildman–Crippen LogP) is 23.6. The van der Waals surface area contributed by atoms with Gasteiger partial charge in [-0.3, -0.25) is 14.4 Å². The van der Waals surface area contributed by atoms with Gasteiger partial charge in [0.1, 0.15) is 13.2 Å². The van der Waals surface area contributed by atoms with Crippen LogP contribution in [0.2, 0.25) is 0 Å². The molecule has 0 spiro atoms. The number of hydrogen-bond acceptors (Lipinski definition) is 6. The van der Waals surface area contributed by atoms with E-state index in [4.69, 9.17) is 14.2 Å². The molecule has 6 nitrogen and oxygen atoms in total.